The molecule has 0 N–H and O–H groups in total. The molecule has 3 aromatic rings. The molecule has 0 saturated carbocycles. The summed E-state index contributed by atoms with van der Waals surface area (Å²) < 4.78 is 5.70. The lowest BCUT2D eigenvalue weighted by atomic mass is 9.88. The minimum Gasteiger partial charge on any atom is -0.445 e. The Morgan fingerprint density at radius 2 is 1.83 bits per heavy atom. The van der Waals surface area contributed by atoms with E-state index in [2.05, 4.69) is 4.98 Å². The summed E-state index contributed by atoms with van der Waals surface area (Å²) in [6.07, 6.45) is 3.81. The molecule has 1 amide bonds. The largest absolute Gasteiger partial charge is 0.445 e. The van der Waals surface area contributed by atoms with Crippen molar-refractivity contribution in [3.05, 3.63) is 101 Å². The number of rotatable bonds is 5. The molecule has 2 aromatic carbocycles. The van der Waals surface area contributed by atoms with Crippen LogP contribution >= 0.6 is 0 Å². The van der Waals surface area contributed by atoms with Crippen molar-refractivity contribution in [3.8, 4) is 0 Å². The third-order valence-electron chi connectivity index (χ3n) is 5.54. The highest BCUT2D eigenvalue weighted by atomic mass is 16.6. The average molecular weight is 400 g/mol. The molecule has 1 aromatic heterocycles. The maximum Gasteiger partial charge on any atom is 0.339 e. The second-order valence-electron chi connectivity index (χ2n) is 7.90. The van der Waals surface area contributed by atoms with E-state index in [9.17, 15) is 9.59 Å². The van der Waals surface area contributed by atoms with Crippen molar-refractivity contribution in [2.45, 2.75) is 39.0 Å². The number of aromatic nitrogens is 1. The van der Waals surface area contributed by atoms with E-state index in [1.807, 2.05) is 55.5 Å². The zero-order valence-electron chi connectivity index (χ0n) is 17.2. The van der Waals surface area contributed by atoms with Crippen molar-refractivity contribution in [2.24, 2.45) is 0 Å². The van der Waals surface area contributed by atoms with Crippen molar-refractivity contribution in [3.63, 3.8) is 0 Å². The van der Waals surface area contributed by atoms with Crippen molar-refractivity contribution in [1.82, 2.24) is 9.88 Å². The van der Waals surface area contributed by atoms with Crippen LogP contribution in [0.15, 0.2) is 73.1 Å². The van der Waals surface area contributed by atoms with Crippen LogP contribution in [0, 0.1) is 6.92 Å². The molecule has 2 heterocycles. The summed E-state index contributed by atoms with van der Waals surface area (Å²) in [6.45, 7) is 4.54. The standard InChI is InChI=1S/C25H24N2O3/c1-18-8-3-4-11-21(18)17-27(16-19-9-7-13-26-15-19)24(29)25(2)14-20-10-5-6-12-22(20)23(28)30-25/h3-13,15H,14,16-17H2,1-2H3. The average Bonchev–Trinajstić information content (AvgIpc) is 2.75. The fourth-order valence-corrected chi connectivity index (χ4v) is 3.89. The molecule has 4 rings (SSSR count). The molecule has 0 aliphatic carbocycles. The normalized spacial score (nSPS) is 17.7. The van der Waals surface area contributed by atoms with Crippen LogP contribution in [0.4, 0.5) is 0 Å². The molecule has 1 aliphatic heterocycles. The predicted octanol–water partition coefficient (Wildman–Crippen LogP) is 4.09. The zero-order valence-corrected chi connectivity index (χ0v) is 17.2. The molecule has 0 saturated heterocycles. The lowest BCUT2D eigenvalue weighted by molar-refractivity contribution is -0.152. The number of nitrogens with zero attached hydrogens (tertiary/aromatic N) is 2. The van der Waals surface area contributed by atoms with E-state index in [0.717, 1.165) is 22.3 Å². The number of aryl methyl sites for hydroxylation is 1. The predicted molar refractivity (Wildman–Crippen MR) is 114 cm³/mol. The molecule has 1 aliphatic rings. The lowest BCUT2D eigenvalue weighted by Gasteiger charge is -2.37. The van der Waals surface area contributed by atoms with E-state index < -0.39 is 11.6 Å². The van der Waals surface area contributed by atoms with Gasteiger partial charge in [0, 0.05) is 31.9 Å². The molecular weight excluding hydrogens is 376 g/mol. The van der Waals surface area contributed by atoms with Gasteiger partial charge in [-0.05, 0) is 48.2 Å². The van der Waals surface area contributed by atoms with Crippen LogP contribution in [0.3, 0.4) is 0 Å². The van der Waals surface area contributed by atoms with Gasteiger partial charge in [-0.1, -0.05) is 48.5 Å². The first-order chi connectivity index (χ1) is 14.5. The maximum atomic E-state index is 13.7. The Morgan fingerprint density at radius 1 is 1.07 bits per heavy atom. The Balaban J connectivity index is 1.66. The third-order valence-corrected chi connectivity index (χ3v) is 5.54. The number of carbonyl (C=O) groups excluding carboxylic acids is 2. The first-order valence-corrected chi connectivity index (χ1v) is 10.0. The summed E-state index contributed by atoms with van der Waals surface area (Å²) in [5.74, 6) is -0.664. The van der Waals surface area contributed by atoms with Crippen molar-refractivity contribution >= 4 is 11.9 Å². The van der Waals surface area contributed by atoms with Gasteiger partial charge >= 0.3 is 5.97 Å². The number of benzene rings is 2. The molecule has 0 bridgehead atoms. The summed E-state index contributed by atoms with van der Waals surface area (Å²) in [5, 5.41) is 0. The van der Waals surface area contributed by atoms with Crippen LogP contribution in [0.25, 0.3) is 0 Å². The Hall–Kier alpha value is -3.47. The summed E-state index contributed by atoms with van der Waals surface area (Å²) in [7, 11) is 0. The minimum absolute atomic E-state index is 0.211. The highest BCUT2D eigenvalue weighted by Gasteiger charge is 2.44. The highest BCUT2D eigenvalue weighted by molar-refractivity contribution is 5.97. The molecule has 5 heteroatoms. The van der Waals surface area contributed by atoms with Gasteiger partial charge in [0.25, 0.3) is 5.91 Å². The fourth-order valence-electron chi connectivity index (χ4n) is 3.89. The van der Waals surface area contributed by atoms with Gasteiger partial charge in [0.1, 0.15) is 0 Å². The van der Waals surface area contributed by atoms with Gasteiger partial charge in [-0.3, -0.25) is 9.78 Å². The number of pyridine rings is 1. The Labute approximate surface area is 176 Å². The van der Waals surface area contributed by atoms with Crippen molar-refractivity contribution in [2.75, 3.05) is 0 Å². The molecule has 152 valence electrons. The number of hydrogen-bond acceptors (Lipinski definition) is 4. The molecule has 1 atom stereocenters. The van der Waals surface area contributed by atoms with E-state index >= 15 is 0 Å². The molecule has 0 spiro atoms. The molecule has 1 unspecified atom stereocenters. The topological polar surface area (TPSA) is 59.5 Å². The van der Waals surface area contributed by atoms with E-state index in [1.165, 1.54) is 0 Å². The molecule has 0 fully saturated rings. The molecule has 0 radical (unpaired) electrons. The Morgan fingerprint density at radius 3 is 2.60 bits per heavy atom. The van der Waals surface area contributed by atoms with Gasteiger partial charge in [0.15, 0.2) is 5.60 Å². The maximum absolute atomic E-state index is 13.7. The van der Waals surface area contributed by atoms with Gasteiger partial charge in [0.2, 0.25) is 0 Å². The van der Waals surface area contributed by atoms with Crippen molar-refractivity contribution in [1.29, 1.82) is 0 Å². The third kappa shape index (κ3) is 3.96. The number of ether oxygens (including phenoxy) is 1. The Bertz CT molecular complexity index is 1080. The quantitative estimate of drug-likeness (QED) is 0.605. The smallest absolute Gasteiger partial charge is 0.339 e. The summed E-state index contributed by atoms with van der Waals surface area (Å²) in [6, 6.07) is 19.1. The molecular formula is C25H24N2O3. The first-order valence-electron chi connectivity index (χ1n) is 10.0. The van der Waals surface area contributed by atoms with Crippen LogP contribution in [0.1, 0.15) is 39.5 Å². The van der Waals surface area contributed by atoms with Crippen molar-refractivity contribution < 1.29 is 14.3 Å². The van der Waals surface area contributed by atoms with E-state index in [0.29, 0.717) is 25.1 Å². The van der Waals surface area contributed by atoms with Crippen LogP contribution in [0.5, 0.6) is 0 Å². The Kier molecular flexibility index (Phi) is 5.36. The number of carbonyl (C=O) groups is 2. The van der Waals surface area contributed by atoms with Crippen LogP contribution in [0.2, 0.25) is 0 Å². The van der Waals surface area contributed by atoms with Gasteiger partial charge in [0.05, 0.1) is 5.56 Å². The number of amides is 1. The van der Waals surface area contributed by atoms with Gasteiger partial charge in [-0.25, -0.2) is 4.79 Å². The first kappa shape index (κ1) is 19.8. The monoisotopic (exact) mass is 400 g/mol. The summed E-state index contributed by atoms with van der Waals surface area (Å²) in [4.78, 5) is 32.2. The van der Waals surface area contributed by atoms with E-state index in [-0.39, 0.29) is 5.91 Å². The second-order valence-corrected chi connectivity index (χ2v) is 7.90. The van der Waals surface area contributed by atoms with Gasteiger partial charge < -0.3 is 9.64 Å². The fraction of sp³-hybridized carbons (Fsp3) is 0.240. The van der Waals surface area contributed by atoms with Crippen LogP contribution < -0.4 is 0 Å². The van der Waals surface area contributed by atoms with Gasteiger partial charge in [-0.15, -0.1) is 0 Å². The zero-order chi connectivity index (χ0) is 21.1. The molecule has 5 nitrogen and oxygen atoms in total. The SMILES string of the molecule is Cc1ccccc1CN(Cc1cccnc1)C(=O)C1(C)Cc2ccccc2C(=O)O1. The van der Waals surface area contributed by atoms with E-state index in [1.54, 1.807) is 36.4 Å². The summed E-state index contributed by atoms with van der Waals surface area (Å²) in [5.41, 5.74) is 3.20. The number of esters is 1. The summed E-state index contributed by atoms with van der Waals surface area (Å²) >= 11 is 0. The van der Waals surface area contributed by atoms with Gasteiger partial charge in [-0.2, -0.15) is 0 Å². The number of fused-ring (bicyclic) bond motifs is 1. The number of cyclic esters (lactones) is 1. The number of hydrogen-bond donors (Lipinski definition) is 0. The molecule has 30 heavy (non-hydrogen) atoms. The lowest BCUT2D eigenvalue weighted by Crippen LogP contribution is -2.52. The minimum atomic E-state index is -1.25. The van der Waals surface area contributed by atoms with Crippen LogP contribution in [-0.2, 0) is 29.0 Å². The second kappa shape index (κ2) is 8.11. The highest BCUT2D eigenvalue weighted by Crippen LogP contribution is 2.31. The van der Waals surface area contributed by atoms with Crippen LogP contribution in [-0.4, -0.2) is 27.4 Å². The van der Waals surface area contributed by atoms with E-state index in [4.69, 9.17) is 4.74 Å².